The molecular weight excluding hydrogens is 275 g/mol. The summed E-state index contributed by atoms with van der Waals surface area (Å²) in [6.07, 6.45) is -4.68. The molecule has 0 fully saturated rings. The van der Waals surface area contributed by atoms with Gasteiger partial charge in [-0.2, -0.15) is 0 Å². The van der Waals surface area contributed by atoms with Crippen molar-refractivity contribution in [3.8, 4) is 5.75 Å². The molecule has 0 aliphatic heterocycles. The lowest BCUT2D eigenvalue weighted by Gasteiger charge is -2.09. The van der Waals surface area contributed by atoms with Crippen LogP contribution in [0.2, 0.25) is 0 Å². The molecule has 0 saturated heterocycles. The molecule has 15 heavy (non-hydrogen) atoms. The minimum absolute atomic E-state index is 0.0461. The number of nitrogens with zero attached hydrogens (tertiary/aromatic N) is 1. The van der Waals surface area contributed by atoms with Crippen LogP contribution in [-0.2, 0) is 0 Å². The van der Waals surface area contributed by atoms with E-state index in [1.54, 1.807) is 6.92 Å². The Morgan fingerprint density at radius 2 is 1.80 bits per heavy atom. The van der Waals surface area contributed by atoms with Gasteiger partial charge in [0.25, 0.3) is 0 Å². The third-order valence-corrected chi connectivity index (χ3v) is 1.75. The lowest BCUT2D eigenvalue weighted by molar-refractivity contribution is -0.275. The van der Waals surface area contributed by atoms with Crippen molar-refractivity contribution in [1.29, 1.82) is 0 Å². The molecule has 1 rings (SSSR count). The number of halogens is 4. The molecule has 0 atom stereocenters. The van der Waals surface area contributed by atoms with Crippen molar-refractivity contribution in [2.45, 2.75) is 27.1 Å². The van der Waals surface area contributed by atoms with Gasteiger partial charge in [0, 0.05) is 5.69 Å². The van der Waals surface area contributed by atoms with E-state index in [-0.39, 0.29) is 10.4 Å². The van der Waals surface area contributed by atoms with Crippen molar-refractivity contribution >= 4 is 15.9 Å². The number of alkyl halides is 3. The Bertz CT molecular complexity index is 315. The number of hydrogen-bond acceptors (Lipinski definition) is 2. The van der Waals surface area contributed by atoms with Gasteiger partial charge in [-0.3, -0.25) is 0 Å². The number of pyridine rings is 1. The summed E-state index contributed by atoms with van der Waals surface area (Å²) in [5, 5.41) is 0. The van der Waals surface area contributed by atoms with E-state index >= 15 is 0 Å². The van der Waals surface area contributed by atoms with E-state index in [4.69, 9.17) is 0 Å². The maximum atomic E-state index is 11.8. The van der Waals surface area contributed by atoms with Crippen LogP contribution >= 0.6 is 15.9 Å². The van der Waals surface area contributed by atoms with Crippen molar-refractivity contribution in [2.75, 3.05) is 0 Å². The Labute approximate surface area is 94.6 Å². The van der Waals surface area contributed by atoms with E-state index < -0.39 is 6.36 Å². The average Bonchev–Trinajstić information content (AvgIpc) is 2.12. The van der Waals surface area contributed by atoms with E-state index in [1.165, 1.54) is 12.1 Å². The van der Waals surface area contributed by atoms with Crippen LogP contribution in [0.4, 0.5) is 13.2 Å². The van der Waals surface area contributed by atoms with Crippen LogP contribution in [-0.4, -0.2) is 11.3 Å². The predicted molar refractivity (Wildman–Crippen MR) is 54.7 cm³/mol. The molecule has 0 unspecified atom stereocenters. The molecule has 0 bridgehead atoms. The fraction of sp³-hybridized carbons (Fsp3) is 0.444. The zero-order chi connectivity index (χ0) is 12.1. The Balaban J connectivity index is 0.000000921. The van der Waals surface area contributed by atoms with Crippen molar-refractivity contribution in [3.63, 3.8) is 0 Å². The van der Waals surface area contributed by atoms with E-state index in [1.807, 2.05) is 13.8 Å². The molecule has 2 nitrogen and oxygen atoms in total. The summed E-state index contributed by atoms with van der Waals surface area (Å²) < 4.78 is 39.0. The van der Waals surface area contributed by atoms with Crippen molar-refractivity contribution < 1.29 is 17.9 Å². The highest BCUT2D eigenvalue weighted by Crippen LogP contribution is 2.28. The lowest BCUT2D eigenvalue weighted by atomic mass is 10.4. The van der Waals surface area contributed by atoms with Gasteiger partial charge in [-0.05, 0) is 35.0 Å². The third-order valence-electron chi connectivity index (χ3n) is 1.18. The van der Waals surface area contributed by atoms with Crippen molar-refractivity contribution in [1.82, 2.24) is 4.98 Å². The van der Waals surface area contributed by atoms with E-state index in [0.29, 0.717) is 5.69 Å². The molecule has 6 heteroatoms. The fourth-order valence-electron chi connectivity index (χ4n) is 0.713. The van der Waals surface area contributed by atoms with Crippen LogP contribution in [0.5, 0.6) is 5.75 Å². The van der Waals surface area contributed by atoms with Gasteiger partial charge >= 0.3 is 6.36 Å². The fourth-order valence-corrected chi connectivity index (χ4v) is 1.21. The minimum Gasteiger partial charge on any atom is -0.403 e. The largest absolute Gasteiger partial charge is 0.573 e. The van der Waals surface area contributed by atoms with Gasteiger partial charge in [0.05, 0.1) is 0 Å². The molecule has 0 aromatic carbocycles. The first kappa shape index (κ1) is 14.2. The first-order chi connectivity index (χ1) is 6.88. The van der Waals surface area contributed by atoms with Crippen LogP contribution in [0.1, 0.15) is 19.5 Å². The predicted octanol–water partition coefficient (Wildman–Crippen LogP) is 4.08. The SMILES string of the molecule is CC.Cc1ccc(OC(F)(F)F)c(Br)n1. The molecule has 86 valence electrons. The molecule has 0 aliphatic carbocycles. The molecule has 0 aliphatic rings. The highest BCUT2D eigenvalue weighted by Gasteiger charge is 2.32. The molecule has 1 aromatic rings. The first-order valence-corrected chi connectivity index (χ1v) is 5.07. The van der Waals surface area contributed by atoms with Gasteiger partial charge in [0.15, 0.2) is 5.75 Å². The van der Waals surface area contributed by atoms with E-state index in [0.717, 1.165) is 0 Å². The van der Waals surface area contributed by atoms with Crippen LogP contribution in [0.3, 0.4) is 0 Å². The summed E-state index contributed by atoms with van der Waals surface area (Å²) in [7, 11) is 0. The standard InChI is InChI=1S/C7H5BrF3NO.C2H6/c1-4-2-3-5(6(8)12-4)13-7(9,10)11;1-2/h2-3H,1H3;1-2H3. The van der Waals surface area contributed by atoms with Gasteiger partial charge in [-0.15, -0.1) is 13.2 Å². The number of aryl methyl sites for hydroxylation is 1. The van der Waals surface area contributed by atoms with Gasteiger partial charge in [0.1, 0.15) is 4.60 Å². The lowest BCUT2D eigenvalue weighted by Crippen LogP contribution is -2.17. The van der Waals surface area contributed by atoms with E-state index in [2.05, 4.69) is 25.7 Å². The first-order valence-electron chi connectivity index (χ1n) is 4.27. The average molecular weight is 286 g/mol. The maximum absolute atomic E-state index is 11.8. The number of rotatable bonds is 1. The highest BCUT2D eigenvalue weighted by atomic mass is 79.9. The second-order valence-electron chi connectivity index (χ2n) is 2.29. The molecule has 0 radical (unpaired) electrons. The van der Waals surface area contributed by atoms with Gasteiger partial charge in [0.2, 0.25) is 0 Å². The zero-order valence-electron chi connectivity index (χ0n) is 8.52. The number of hydrogen-bond donors (Lipinski definition) is 0. The molecule has 0 saturated carbocycles. The topological polar surface area (TPSA) is 22.1 Å². The normalized spacial score (nSPS) is 10.3. The van der Waals surface area contributed by atoms with Crippen molar-refractivity contribution in [3.05, 3.63) is 22.4 Å². The molecule has 0 amide bonds. The molecule has 0 spiro atoms. The second-order valence-corrected chi connectivity index (χ2v) is 3.04. The second kappa shape index (κ2) is 5.95. The van der Waals surface area contributed by atoms with Gasteiger partial charge < -0.3 is 4.74 Å². The minimum atomic E-state index is -4.68. The summed E-state index contributed by atoms with van der Waals surface area (Å²) in [6.45, 7) is 5.67. The Kier molecular flexibility index (Phi) is 5.64. The highest BCUT2D eigenvalue weighted by molar-refractivity contribution is 9.10. The summed E-state index contributed by atoms with van der Waals surface area (Å²) >= 11 is 2.86. The summed E-state index contributed by atoms with van der Waals surface area (Å²) in [6, 6.07) is 2.64. The Hall–Kier alpha value is -0.780. The van der Waals surface area contributed by atoms with Gasteiger partial charge in [-0.1, -0.05) is 13.8 Å². The maximum Gasteiger partial charge on any atom is 0.573 e. The Morgan fingerprint density at radius 1 is 1.27 bits per heavy atom. The molecule has 0 N–H and O–H groups in total. The summed E-state index contributed by atoms with van der Waals surface area (Å²) in [5.74, 6) is -0.335. The van der Waals surface area contributed by atoms with Gasteiger partial charge in [-0.25, -0.2) is 4.98 Å². The van der Waals surface area contributed by atoms with Crippen LogP contribution in [0.25, 0.3) is 0 Å². The number of ether oxygens (including phenoxy) is 1. The summed E-state index contributed by atoms with van der Waals surface area (Å²) in [4.78, 5) is 3.75. The van der Waals surface area contributed by atoms with E-state index in [9.17, 15) is 13.2 Å². The third kappa shape index (κ3) is 5.61. The van der Waals surface area contributed by atoms with Crippen molar-refractivity contribution in [2.24, 2.45) is 0 Å². The monoisotopic (exact) mass is 285 g/mol. The smallest absolute Gasteiger partial charge is 0.403 e. The van der Waals surface area contributed by atoms with Crippen LogP contribution in [0.15, 0.2) is 16.7 Å². The molecule has 1 aromatic heterocycles. The zero-order valence-corrected chi connectivity index (χ0v) is 10.1. The molecule has 1 heterocycles. The summed E-state index contributed by atoms with van der Waals surface area (Å²) in [5.41, 5.74) is 0.612. The Morgan fingerprint density at radius 3 is 2.20 bits per heavy atom. The van der Waals surface area contributed by atoms with Crippen LogP contribution < -0.4 is 4.74 Å². The number of aromatic nitrogens is 1. The van der Waals surface area contributed by atoms with Crippen LogP contribution in [0, 0.1) is 6.92 Å². The quantitative estimate of drug-likeness (QED) is 0.726. The molecular formula is C9H11BrF3NO.